The molecule has 110 valence electrons. The van der Waals surface area contributed by atoms with E-state index in [9.17, 15) is 4.79 Å². The van der Waals surface area contributed by atoms with E-state index in [0.29, 0.717) is 12.5 Å². The number of nitrogens with zero attached hydrogens (tertiary/aromatic N) is 1. The molecule has 2 rings (SSSR count). The fraction of sp³-hybridized carbons (Fsp3) is 0.588. The predicted molar refractivity (Wildman–Crippen MR) is 83.0 cm³/mol. The fourth-order valence-corrected chi connectivity index (χ4v) is 2.92. The van der Waals surface area contributed by atoms with Crippen LogP contribution >= 0.6 is 0 Å². The number of piperidine rings is 1. The number of amides is 2. The Labute approximate surface area is 122 Å². The molecule has 3 nitrogen and oxygen atoms in total. The number of hydrogen-bond donors (Lipinski definition) is 1. The summed E-state index contributed by atoms with van der Waals surface area (Å²) in [6.45, 7) is 8.98. The van der Waals surface area contributed by atoms with Crippen LogP contribution in [0.4, 0.5) is 4.79 Å². The largest absolute Gasteiger partial charge is 0.338 e. The summed E-state index contributed by atoms with van der Waals surface area (Å²) in [5, 5.41) is 3.05. The van der Waals surface area contributed by atoms with E-state index in [1.807, 2.05) is 4.90 Å². The van der Waals surface area contributed by atoms with Gasteiger partial charge in [0.25, 0.3) is 0 Å². The van der Waals surface area contributed by atoms with E-state index in [2.05, 4.69) is 44.3 Å². The van der Waals surface area contributed by atoms with E-state index in [0.717, 1.165) is 25.9 Å². The Morgan fingerprint density at radius 1 is 1.40 bits per heavy atom. The highest BCUT2D eigenvalue weighted by Gasteiger charge is 2.20. The summed E-state index contributed by atoms with van der Waals surface area (Å²) in [6, 6.07) is 6.60. The lowest BCUT2D eigenvalue weighted by molar-refractivity contribution is 0.170. The quantitative estimate of drug-likeness (QED) is 0.901. The van der Waals surface area contributed by atoms with Crippen LogP contribution in [0.3, 0.4) is 0 Å². The molecule has 1 aliphatic rings. The number of urea groups is 1. The van der Waals surface area contributed by atoms with Crippen LogP contribution in [0.5, 0.6) is 0 Å². The molecule has 0 saturated carbocycles. The zero-order chi connectivity index (χ0) is 14.5. The van der Waals surface area contributed by atoms with Gasteiger partial charge in [0.15, 0.2) is 0 Å². The molecule has 0 spiro atoms. The maximum Gasteiger partial charge on any atom is 0.317 e. The molecule has 1 aromatic carbocycles. The minimum absolute atomic E-state index is 0.0984. The predicted octanol–water partition coefficient (Wildman–Crippen LogP) is 3.29. The highest BCUT2D eigenvalue weighted by Crippen LogP contribution is 2.15. The van der Waals surface area contributed by atoms with Gasteiger partial charge >= 0.3 is 6.03 Å². The van der Waals surface area contributed by atoms with Crippen LogP contribution < -0.4 is 5.32 Å². The number of nitrogens with one attached hydrogen (secondary N) is 1. The minimum atomic E-state index is 0.0984. The van der Waals surface area contributed by atoms with Gasteiger partial charge in [-0.1, -0.05) is 30.7 Å². The van der Waals surface area contributed by atoms with E-state index in [1.165, 1.54) is 23.1 Å². The van der Waals surface area contributed by atoms with Crippen molar-refractivity contribution in [2.45, 2.75) is 40.0 Å². The van der Waals surface area contributed by atoms with Crippen molar-refractivity contribution in [1.82, 2.24) is 10.2 Å². The Hall–Kier alpha value is -1.51. The number of rotatable bonds is 3. The van der Waals surface area contributed by atoms with Crippen LogP contribution in [-0.2, 0) is 6.42 Å². The highest BCUT2D eigenvalue weighted by molar-refractivity contribution is 5.74. The van der Waals surface area contributed by atoms with Crippen LogP contribution in [0.1, 0.15) is 36.5 Å². The number of carbonyl (C=O) groups excluding carboxylic acids is 1. The molecule has 20 heavy (non-hydrogen) atoms. The average Bonchev–Trinajstić information content (AvgIpc) is 2.41. The molecule has 1 aliphatic heterocycles. The molecule has 0 aliphatic carbocycles. The lowest BCUT2D eigenvalue weighted by Crippen LogP contribution is -2.45. The maximum absolute atomic E-state index is 12.1. The normalized spacial score (nSPS) is 18.9. The summed E-state index contributed by atoms with van der Waals surface area (Å²) in [5.74, 6) is 0.633. The van der Waals surface area contributed by atoms with Crippen LogP contribution in [-0.4, -0.2) is 30.6 Å². The van der Waals surface area contributed by atoms with Crippen molar-refractivity contribution in [3.63, 3.8) is 0 Å². The Kier molecular flexibility index (Phi) is 5.05. The molecule has 1 atom stereocenters. The molecule has 0 radical (unpaired) electrons. The Balaban J connectivity index is 1.79. The molecule has 1 N–H and O–H groups in total. The monoisotopic (exact) mass is 274 g/mol. The minimum Gasteiger partial charge on any atom is -0.338 e. The van der Waals surface area contributed by atoms with Gasteiger partial charge in [0.05, 0.1) is 0 Å². The first kappa shape index (κ1) is 14.9. The van der Waals surface area contributed by atoms with Gasteiger partial charge in [-0.25, -0.2) is 4.79 Å². The Bertz CT molecular complexity index is 470. The molecule has 1 aromatic rings. The van der Waals surface area contributed by atoms with Gasteiger partial charge in [0.1, 0.15) is 0 Å². The molecule has 1 fully saturated rings. The van der Waals surface area contributed by atoms with Crippen molar-refractivity contribution in [3.8, 4) is 0 Å². The van der Waals surface area contributed by atoms with E-state index >= 15 is 0 Å². The number of benzene rings is 1. The van der Waals surface area contributed by atoms with Crippen molar-refractivity contribution in [2.24, 2.45) is 5.92 Å². The third-order valence-electron chi connectivity index (χ3n) is 4.11. The van der Waals surface area contributed by atoms with Crippen LogP contribution in [0.15, 0.2) is 18.2 Å². The molecule has 1 heterocycles. The molecule has 0 bridgehead atoms. The summed E-state index contributed by atoms with van der Waals surface area (Å²) < 4.78 is 0. The summed E-state index contributed by atoms with van der Waals surface area (Å²) >= 11 is 0. The second-order valence-corrected chi connectivity index (χ2v) is 6.11. The second-order valence-electron chi connectivity index (χ2n) is 6.11. The Morgan fingerprint density at radius 3 is 2.90 bits per heavy atom. The fourth-order valence-electron chi connectivity index (χ4n) is 2.92. The van der Waals surface area contributed by atoms with Crippen molar-refractivity contribution in [3.05, 3.63) is 34.9 Å². The average molecular weight is 274 g/mol. The SMILES string of the molecule is Cc1ccc(CCNC(=O)N2CCCC(C)C2)c(C)c1. The topological polar surface area (TPSA) is 32.3 Å². The van der Waals surface area contributed by atoms with E-state index in [1.54, 1.807) is 0 Å². The number of hydrogen-bond acceptors (Lipinski definition) is 1. The third kappa shape index (κ3) is 3.99. The van der Waals surface area contributed by atoms with Crippen molar-refractivity contribution < 1.29 is 4.79 Å². The van der Waals surface area contributed by atoms with Gasteiger partial charge in [-0.2, -0.15) is 0 Å². The van der Waals surface area contributed by atoms with Crippen LogP contribution in [0.2, 0.25) is 0 Å². The zero-order valence-corrected chi connectivity index (χ0v) is 12.9. The molecule has 1 saturated heterocycles. The third-order valence-corrected chi connectivity index (χ3v) is 4.11. The molecular formula is C17H26N2O. The smallest absolute Gasteiger partial charge is 0.317 e. The van der Waals surface area contributed by atoms with E-state index in [4.69, 9.17) is 0 Å². The van der Waals surface area contributed by atoms with Gasteiger partial charge in [0, 0.05) is 19.6 Å². The molecule has 0 aromatic heterocycles. The van der Waals surface area contributed by atoms with E-state index in [-0.39, 0.29) is 6.03 Å². The lowest BCUT2D eigenvalue weighted by atomic mass is 10.0. The lowest BCUT2D eigenvalue weighted by Gasteiger charge is -2.31. The highest BCUT2D eigenvalue weighted by atomic mass is 16.2. The molecule has 1 unspecified atom stereocenters. The summed E-state index contributed by atoms with van der Waals surface area (Å²) in [6.07, 6.45) is 3.28. The molecular weight excluding hydrogens is 248 g/mol. The summed E-state index contributed by atoms with van der Waals surface area (Å²) in [4.78, 5) is 14.0. The van der Waals surface area contributed by atoms with Crippen LogP contribution in [0, 0.1) is 19.8 Å². The van der Waals surface area contributed by atoms with E-state index < -0.39 is 0 Å². The standard InChI is InChI=1S/C17H26N2O/c1-13-6-7-16(15(3)11-13)8-9-18-17(20)19-10-4-5-14(2)12-19/h6-7,11,14H,4-5,8-10,12H2,1-3H3,(H,18,20). The van der Waals surface area contributed by atoms with Crippen molar-refractivity contribution in [2.75, 3.05) is 19.6 Å². The van der Waals surface area contributed by atoms with Gasteiger partial charge < -0.3 is 10.2 Å². The van der Waals surface area contributed by atoms with Gasteiger partial charge in [-0.05, 0) is 50.2 Å². The van der Waals surface area contributed by atoms with Gasteiger partial charge in [-0.3, -0.25) is 0 Å². The number of likely N-dealkylation sites (tertiary alicyclic amines) is 1. The first-order valence-corrected chi connectivity index (χ1v) is 7.65. The second kappa shape index (κ2) is 6.78. The molecule has 2 amide bonds. The van der Waals surface area contributed by atoms with Gasteiger partial charge in [0.2, 0.25) is 0 Å². The first-order chi connectivity index (χ1) is 9.56. The Morgan fingerprint density at radius 2 is 2.20 bits per heavy atom. The number of carbonyl (C=O) groups is 1. The molecule has 3 heteroatoms. The maximum atomic E-state index is 12.1. The van der Waals surface area contributed by atoms with Crippen molar-refractivity contribution in [1.29, 1.82) is 0 Å². The van der Waals surface area contributed by atoms with Gasteiger partial charge in [-0.15, -0.1) is 0 Å². The van der Waals surface area contributed by atoms with Crippen LogP contribution in [0.25, 0.3) is 0 Å². The summed E-state index contributed by atoms with van der Waals surface area (Å²) in [5.41, 5.74) is 3.92. The first-order valence-electron chi connectivity index (χ1n) is 7.65. The number of aryl methyl sites for hydroxylation is 2. The summed E-state index contributed by atoms with van der Waals surface area (Å²) in [7, 11) is 0. The zero-order valence-electron chi connectivity index (χ0n) is 12.9. The van der Waals surface area contributed by atoms with Crippen molar-refractivity contribution >= 4 is 6.03 Å².